The molecule has 0 saturated carbocycles. The van der Waals surface area contributed by atoms with Gasteiger partial charge in [0, 0.05) is 17.1 Å². The van der Waals surface area contributed by atoms with Gasteiger partial charge in [-0.25, -0.2) is 0 Å². The minimum absolute atomic E-state index is 0.0759. The minimum Gasteiger partial charge on any atom is -0.484 e. The molecule has 3 rings (SSSR count). The monoisotopic (exact) mass is 350 g/mol. The summed E-state index contributed by atoms with van der Waals surface area (Å²) in [7, 11) is 0. The molecule has 3 aromatic rings. The van der Waals surface area contributed by atoms with Crippen molar-refractivity contribution in [1.29, 1.82) is 0 Å². The van der Waals surface area contributed by atoms with E-state index in [2.05, 4.69) is 17.2 Å². The molecule has 0 radical (unpaired) electrons. The summed E-state index contributed by atoms with van der Waals surface area (Å²) >= 11 is 0. The third kappa shape index (κ3) is 4.30. The standard InChI is InChI=1S/C21H22N2O3/c1-3-4-15-11-20(24)23-19-12-16(7-10-18(15)19)22-21(25)13-26-17-8-5-14(2)6-9-17/h5-12H,3-4,13H2,1-2H3,(H,22,25)(H,23,24). The van der Waals surface area contributed by atoms with Crippen LogP contribution in [0.3, 0.4) is 0 Å². The lowest BCUT2D eigenvalue weighted by molar-refractivity contribution is -0.118. The number of anilines is 1. The van der Waals surface area contributed by atoms with Gasteiger partial charge in [-0.1, -0.05) is 37.1 Å². The number of aryl methyl sites for hydroxylation is 2. The molecule has 0 atom stereocenters. The lowest BCUT2D eigenvalue weighted by Crippen LogP contribution is -2.20. The number of hydrogen-bond donors (Lipinski definition) is 2. The first-order valence-electron chi connectivity index (χ1n) is 8.70. The van der Waals surface area contributed by atoms with Crippen LogP contribution >= 0.6 is 0 Å². The van der Waals surface area contributed by atoms with Crippen molar-refractivity contribution in [2.24, 2.45) is 0 Å². The van der Waals surface area contributed by atoms with E-state index in [1.807, 2.05) is 43.3 Å². The largest absolute Gasteiger partial charge is 0.484 e. The van der Waals surface area contributed by atoms with Crippen LogP contribution in [0, 0.1) is 6.92 Å². The molecule has 1 aromatic heterocycles. The number of amides is 1. The van der Waals surface area contributed by atoms with Crippen molar-refractivity contribution in [3.05, 3.63) is 70.0 Å². The van der Waals surface area contributed by atoms with E-state index in [1.165, 1.54) is 0 Å². The van der Waals surface area contributed by atoms with E-state index in [1.54, 1.807) is 12.1 Å². The maximum absolute atomic E-state index is 12.1. The third-order valence-electron chi connectivity index (χ3n) is 4.12. The predicted octanol–water partition coefficient (Wildman–Crippen LogP) is 3.81. The first-order valence-corrected chi connectivity index (χ1v) is 8.70. The van der Waals surface area contributed by atoms with Crippen molar-refractivity contribution in [2.45, 2.75) is 26.7 Å². The number of nitrogens with one attached hydrogen (secondary N) is 2. The van der Waals surface area contributed by atoms with E-state index in [4.69, 9.17) is 4.74 Å². The molecule has 2 aromatic carbocycles. The van der Waals surface area contributed by atoms with E-state index in [-0.39, 0.29) is 18.1 Å². The fraction of sp³-hybridized carbons (Fsp3) is 0.238. The van der Waals surface area contributed by atoms with Crippen LogP contribution in [-0.4, -0.2) is 17.5 Å². The molecule has 0 bridgehead atoms. The molecule has 5 nitrogen and oxygen atoms in total. The van der Waals surface area contributed by atoms with Gasteiger partial charge in [-0.15, -0.1) is 0 Å². The molecule has 1 amide bonds. The van der Waals surface area contributed by atoms with Crippen LogP contribution in [0.1, 0.15) is 24.5 Å². The zero-order valence-corrected chi connectivity index (χ0v) is 15.0. The van der Waals surface area contributed by atoms with Crippen LogP contribution in [0.25, 0.3) is 10.9 Å². The molecule has 0 fully saturated rings. The van der Waals surface area contributed by atoms with Crippen molar-refractivity contribution in [3.8, 4) is 5.75 Å². The SMILES string of the molecule is CCCc1cc(=O)[nH]c2cc(NC(=O)COc3ccc(C)cc3)ccc12. The molecule has 1 heterocycles. The number of carbonyl (C=O) groups is 1. The maximum Gasteiger partial charge on any atom is 0.262 e. The Morgan fingerprint density at radius 3 is 2.62 bits per heavy atom. The van der Waals surface area contributed by atoms with Gasteiger partial charge in [-0.3, -0.25) is 9.59 Å². The number of fused-ring (bicyclic) bond motifs is 1. The topological polar surface area (TPSA) is 71.2 Å². The highest BCUT2D eigenvalue weighted by Crippen LogP contribution is 2.21. The number of ether oxygens (including phenoxy) is 1. The second kappa shape index (κ2) is 7.87. The molecule has 0 spiro atoms. The minimum atomic E-state index is -0.253. The second-order valence-electron chi connectivity index (χ2n) is 6.32. The number of pyridine rings is 1. The van der Waals surface area contributed by atoms with Crippen molar-refractivity contribution in [1.82, 2.24) is 4.98 Å². The number of carbonyl (C=O) groups excluding carboxylic acids is 1. The molecule has 0 aliphatic heterocycles. The zero-order chi connectivity index (χ0) is 18.5. The molecule has 26 heavy (non-hydrogen) atoms. The normalized spacial score (nSPS) is 10.7. The summed E-state index contributed by atoms with van der Waals surface area (Å²) in [5.41, 5.74) is 3.37. The molecule has 2 N–H and O–H groups in total. The molecular formula is C21H22N2O3. The molecule has 0 saturated heterocycles. The molecule has 0 unspecified atom stereocenters. The van der Waals surface area contributed by atoms with E-state index in [0.717, 1.165) is 34.9 Å². The third-order valence-corrected chi connectivity index (χ3v) is 4.12. The summed E-state index contributed by atoms with van der Waals surface area (Å²) in [5, 5.41) is 3.80. The molecule has 134 valence electrons. The van der Waals surface area contributed by atoms with Gasteiger partial charge in [0.05, 0.1) is 5.52 Å². The molecule has 0 aliphatic rings. The predicted molar refractivity (Wildman–Crippen MR) is 104 cm³/mol. The van der Waals surface area contributed by atoms with Crippen molar-refractivity contribution < 1.29 is 9.53 Å². The Hall–Kier alpha value is -3.08. The number of benzene rings is 2. The number of H-pyrrole nitrogens is 1. The van der Waals surface area contributed by atoms with Gasteiger partial charge in [0.15, 0.2) is 6.61 Å². The Bertz CT molecular complexity index is 975. The molecular weight excluding hydrogens is 328 g/mol. The van der Waals surface area contributed by atoms with E-state index in [9.17, 15) is 9.59 Å². The Labute approximate surface area is 152 Å². The first-order chi connectivity index (χ1) is 12.5. The number of aromatic nitrogens is 1. The van der Waals surface area contributed by atoms with Crippen LogP contribution in [0.15, 0.2) is 53.3 Å². The second-order valence-corrected chi connectivity index (χ2v) is 6.32. The number of hydrogen-bond acceptors (Lipinski definition) is 3. The lowest BCUT2D eigenvalue weighted by atomic mass is 10.0. The van der Waals surface area contributed by atoms with Crippen LogP contribution in [0.2, 0.25) is 0 Å². The Morgan fingerprint density at radius 1 is 1.12 bits per heavy atom. The van der Waals surface area contributed by atoms with Gasteiger partial charge in [0.2, 0.25) is 5.56 Å². The quantitative estimate of drug-likeness (QED) is 0.710. The highest BCUT2D eigenvalue weighted by Gasteiger charge is 2.07. The average Bonchev–Trinajstić information content (AvgIpc) is 2.61. The van der Waals surface area contributed by atoms with E-state index < -0.39 is 0 Å². The number of rotatable bonds is 6. The maximum atomic E-state index is 12.1. The van der Waals surface area contributed by atoms with Crippen molar-refractivity contribution >= 4 is 22.5 Å². The Morgan fingerprint density at radius 2 is 1.88 bits per heavy atom. The summed E-state index contributed by atoms with van der Waals surface area (Å²) in [6, 6.07) is 14.7. The average molecular weight is 350 g/mol. The highest BCUT2D eigenvalue weighted by atomic mass is 16.5. The lowest BCUT2D eigenvalue weighted by Gasteiger charge is -2.10. The van der Waals surface area contributed by atoms with Gasteiger partial charge >= 0.3 is 0 Å². The van der Waals surface area contributed by atoms with Crippen LogP contribution in [0.4, 0.5) is 5.69 Å². The first kappa shape index (κ1) is 17.7. The van der Waals surface area contributed by atoms with E-state index in [0.29, 0.717) is 11.4 Å². The summed E-state index contributed by atoms with van der Waals surface area (Å²) in [5.74, 6) is 0.398. The van der Waals surface area contributed by atoms with Gasteiger partial charge in [0.1, 0.15) is 5.75 Å². The fourth-order valence-corrected chi connectivity index (χ4v) is 2.87. The molecule has 5 heteroatoms. The van der Waals surface area contributed by atoms with Gasteiger partial charge < -0.3 is 15.0 Å². The summed E-state index contributed by atoms with van der Waals surface area (Å²) < 4.78 is 5.48. The summed E-state index contributed by atoms with van der Waals surface area (Å²) in [4.78, 5) is 26.8. The zero-order valence-electron chi connectivity index (χ0n) is 15.0. The van der Waals surface area contributed by atoms with Crippen molar-refractivity contribution in [2.75, 3.05) is 11.9 Å². The fourth-order valence-electron chi connectivity index (χ4n) is 2.87. The van der Waals surface area contributed by atoms with Crippen molar-refractivity contribution in [3.63, 3.8) is 0 Å². The van der Waals surface area contributed by atoms with Crippen LogP contribution < -0.4 is 15.6 Å². The van der Waals surface area contributed by atoms with Gasteiger partial charge in [0.25, 0.3) is 5.91 Å². The van der Waals surface area contributed by atoms with Gasteiger partial charge in [-0.05, 0) is 43.2 Å². The van der Waals surface area contributed by atoms with Crippen LogP contribution in [-0.2, 0) is 11.2 Å². The van der Waals surface area contributed by atoms with E-state index >= 15 is 0 Å². The molecule has 0 aliphatic carbocycles. The highest BCUT2D eigenvalue weighted by molar-refractivity contribution is 5.94. The summed E-state index contributed by atoms with van der Waals surface area (Å²) in [6.45, 7) is 4.00. The van der Waals surface area contributed by atoms with Gasteiger partial charge in [-0.2, -0.15) is 0 Å². The Balaban J connectivity index is 1.71. The smallest absolute Gasteiger partial charge is 0.262 e. The van der Waals surface area contributed by atoms with Crippen LogP contribution in [0.5, 0.6) is 5.75 Å². The summed E-state index contributed by atoms with van der Waals surface area (Å²) in [6.07, 6.45) is 1.81. The number of aromatic amines is 1. The Kier molecular flexibility index (Phi) is 5.37.